The summed E-state index contributed by atoms with van der Waals surface area (Å²) in [6.07, 6.45) is 12.3. The Kier molecular flexibility index (Phi) is 8.91. The summed E-state index contributed by atoms with van der Waals surface area (Å²) in [5.74, 6) is 0. The van der Waals surface area contributed by atoms with E-state index in [2.05, 4.69) is 47.5 Å². The second kappa shape index (κ2) is 13.7. The Morgan fingerprint density at radius 2 is 0.875 bits per heavy atom. The average molecular weight is 520 g/mol. The van der Waals surface area contributed by atoms with E-state index in [0.717, 1.165) is 32.6 Å². The quantitative estimate of drug-likeness (QED) is 0.211. The van der Waals surface area contributed by atoms with Crippen LogP contribution in [0.2, 0.25) is 0 Å². The van der Waals surface area contributed by atoms with Gasteiger partial charge in [0.05, 0.1) is 29.6 Å². The van der Waals surface area contributed by atoms with Crippen molar-refractivity contribution < 1.29 is 0 Å². The molecule has 0 aliphatic rings. The zero-order chi connectivity index (χ0) is 27.2. The Morgan fingerprint density at radius 1 is 0.350 bits per heavy atom. The van der Waals surface area contributed by atoms with Crippen molar-refractivity contribution in [1.29, 1.82) is 0 Å². The highest BCUT2D eigenvalue weighted by Gasteiger charge is 1.90. The van der Waals surface area contributed by atoms with Gasteiger partial charge in [0, 0.05) is 40.1 Å². The molecule has 40 heavy (non-hydrogen) atoms. The van der Waals surface area contributed by atoms with E-state index in [-0.39, 0.29) is 0 Å². The van der Waals surface area contributed by atoms with E-state index in [1.54, 1.807) is 24.9 Å². The molecule has 0 unspecified atom stereocenters. The lowest BCUT2D eigenvalue weighted by Crippen LogP contribution is -1.79. The van der Waals surface area contributed by atoms with Crippen LogP contribution in [0.15, 0.2) is 153 Å². The molecule has 7 heteroatoms. The molecule has 0 saturated carbocycles. The predicted octanol–water partition coefficient (Wildman–Crippen LogP) is 7.12. The van der Waals surface area contributed by atoms with Gasteiger partial charge in [-0.15, -0.1) is 0 Å². The largest absolute Gasteiger partial charge is 0.264 e. The molecule has 0 fully saturated rings. The highest BCUT2D eigenvalue weighted by molar-refractivity contribution is 5.81. The standard InChI is InChI=1S/C9H7N.3C8H6N2/c1-2-4-9-7-10-6-5-8(9)3-1;1-2-4-8-7(3-1)5-9-6-10-8;1-2-4-8-6-10-9-5-7(8)3-1;1-2-4-8-7(3-1)5-6-9-10-8/h1-7H;3*1-6H. The lowest BCUT2D eigenvalue weighted by molar-refractivity contribution is 1.05. The summed E-state index contributed by atoms with van der Waals surface area (Å²) in [5.41, 5.74) is 1.95. The van der Waals surface area contributed by atoms with Gasteiger partial charge in [0.2, 0.25) is 0 Å². The molecule has 8 aromatic rings. The molecular weight excluding hydrogens is 494 g/mol. The third-order valence-electron chi connectivity index (χ3n) is 5.84. The molecule has 0 N–H and O–H groups in total. The van der Waals surface area contributed by atoms with Crippen molar-refractivity contribution in [3.63, 3.8) is 0 Å². The van der Waals surface area contributed by atoms with Gasteiger partial charge in [0.1, 0.15) is 6.33 Å². The fraction of sp³-hybridized carbons (Fsp3) is 0. The Labute approximate surface area is 231 Å². The Hall–Kier alpha value is -5.69. The van der Waals surface area contributed by atoms with Crippen LogP contribution >= 0.6 is 0 Å². The predicted molar refractivity (Wildman–Crippen MR) is 160 cm³/mol. The van der Waals surface area contributed by atoms with Crippen LogP contribution in [-0.4, -0.2) is 35.3 Å². The van der Waals surface area contributed by atoms with Gasteiger partial charge in [0.25, 0.3) is 0 Å². The van der Waals surface area contributed by atoms with Crippen LogP contribution in [0.25, 0.3) is 43.4 Å². The molecule has 0 spiro atoms. The Morgan fingerprint density at radius 3 is 1.52 bits per heavy atom. The normalized spacial score (nSPS) is 10.0. The number of hydrogen-bond donors (Lipinski definition) is 0. The second-order valence-electron chi connectivity index (χ2n) is 8.51. The number of aromatic nitrogens is 7. The van der Waals surface area contributed by atoms with Gasteiger partial charge in [-0.05, 0) is 35.0 Å². The summed E-state index contributed by atoms with van der Waals surface area (Å²) in [6.45, 7) is 0. The van der Waals surface area contributed by atoms with Crippen molar-refractivity contribution in [2.75, 3.05) is 0 Å². The third kappa shape index (κ3) is 7.20. The van der Waals surface area contributed by atoms with Crippen molar-refractivity contribution in [2.45, 2.75) is 0 Å². The molecular formula is C33H25N7. The Bertz CT molecular complexity index is 1400. The monoisotopic (exact) mass is 519 g/mol. The van der Waals surface area contributed by atoms with Crippen molar-refractivity contribution in [3.8, 4) is 0 Å². The highest BCUT2D eigenvalue weighted by Crippen LogP contribution is 2.10. The van der Waals surface area contributed by atoms with E-state index in [4.69, 9.17) is 0 Å². The number of nitrogens with zero attached hydrogens (tertiary/aromatic N) is 7. The molecule has 0 saturated heterocycles. The molecule has 4 aromatic carbocycles. The summed E-state index contributed by atoms with van der Waals surface area (Å²) < 4.78 is 0. The molecule has 0 radical (unpaired) electrons. The fourth-order valence-electron chi connectivity index (χ4n) is 3.82. The molecule has 0 aliphatic heterocycles. The smallest absolute Gasteiger partial charge is 0.116 e. The second-order valence-corrected chi connectivity index (χ2v) is 8.51. The van der Waals surface area contributed by atoms with Gasteiger partial charge >= 0.3 is 0 Å². The molecule has 0 atom stereocenters. The van der Waals surface area contributed by atoms with Gasteiger partial charge in [0.15, 0.2) is 0 Å². The van der Waals surface area contributed by atoms with Crippen molar-refractivity contribution in [2.24, 2.45) is 0 Å². The molecule has 4 aromatic heterocycles. The van der Waals surface area contributed by atoms with Crippen molar-refractivity contribution in [3.05, 3.63) is 153 Å². The first-order valence-electron chi connectivity index (χ1n) is 12.6. The van der Waals surface area contributed by atoms with E-state index in [1.165, 1.54) is 10.8 Å². The topological polar surface area (TPSA) is 90.2 Å². The molecule has 4 heterocycles. The van der Waals surface area contributed by atoms with Crippen LogP contribution in [0.1, 0.15) is 0 Å². The zero-order valence-corrected chi connectivity index (χ0v) is 21.6. The fourth-order valence-corrected chi connectivity index (χ4v) is 3.82. The number of pyridine rings is 1. The number of rotatable bonds is 0. The molecule has 7 nitrogen and oxygen atoms in total. The summed E-state index contributed by atoms with van der Waals surface area (Å²) in [6, 6.07) is 36.0. The zero-order valence-electron chi connectivity index (χ0n) is 21.6. The molecule has 0 bridgehead atoms. The minimum atomic E-state index is 0.949. The SMILES string of the molecule is c1ccc2cnccc2c1.c1ccc2cnncc2c1.c1ccc2ncncc2c1.c1ccc2nnccc2c1. The van der Waals surface area contributed by atoms with Crippen LogP contribution in [0.4, 0.5) is 0 Å². The van der Waals surface area contributed by atoms with E-state index in [9.17, 15) is 0 Å². The summed E-state index contributed by atoms with van der Waals surface area (Å²) in [4.78, 5) is 12.0. The van der Waals surface area contributed by atoms with Gasteiger partial charge < -0.3 is 0 Å². The van der Waals surface area contributed by atoms with Crippen LogP contribution in [0.3, 0.4) is 0 Å². The average Bonchev–Trinajstić information content (AvgIpc) is 3.06. The van der Waals surface area contributed by atoms with Crippen LogP contribution in [0.5, 0.6) is 0 Å². The highest BCUT2D eigenvalue weighted by atomic mass is 15.1. The summed E-state index contributed by atoms with van der Waals surface area (Å²) in [7, 11) is 0. The first kappa shape index (κ1) is 25.9. The van der Waals surface area contributed by atoms with Crippen molar-refractivity contribution in [1.82, 2.24) is 35.3 Å². The number of benzene rings is 4. The molecule has 8 rings (SSSR count). The summed E-state index contributed by atoms with van der Waals surface area (Å²) in [5, 5.41) is 22.2. The van der Waals surface area contributed by atoms with Crippen LogP contribution in [-0.2, 0) is 0 Å². The molecule has 192 valence electrons. The Balaban J connectivity index is 0.000000108. The maximum Gasteiger partial charge on any atom is 0.116 e. The minimum Gasteiger partial charge on any atom is -0.264 e. The molecule has 0 amide bonds. The van der Waals surface area contributed by atoms with E-state index in [0.29, 0.717) is 0 Å². The van der Waals surface area contributed by atoms with Gasteiger partial charge in [-0.2, -0.15) is 20.4 Å². The van der Waals surface area contributed by atoms with Crippen LogP contribution in [0, 0.1) is 0 Å². The number of fused-ring (bicyclic) bond motifs is 4. The summed E-state index contributed by atoms with van der Waals surface area (Å²) >= 11 is 0. The first-order valence-corrected chi connectivity index (χ1v) is 12.6. The van der Waals surface area contributed by atoms with E-state index in [1.807, 2.05) is 116 Å². The minimum absolute atomic E-state index is 0.949. The van der Waals surface area contributed by atoms with Gasteiger partial charge in [-0.3, -0.25) is 4.98 Å². The lowest BCUT2D eigenvalue weighted by Gasteiger charge is -1.91. The maximum atomic E-state index is 4.07. The third-order valence-corrected chi connectivity index (χ3v) is 5.84. The van der Waals surface area contributed by atoms with Gasteiger partial charge in [-0.25, -0.2) is 9.97 Å². The lowest BCUT2D eigenvalue weighted by atomic mass is 10.2. The van der Waals surface area contributed by atoms with Gasteiger partial charge in [-0.1, -0.05) is 84.9 Å². The van der Waals surface area contributed by atoms with Crippen LogP contribution < -0.4 is 0 Å². The first-order chi connectivity index (χ1) is 19.9. The molecule has 0 aliphatic carbocycles. The maximum absolute atomic E-state index is 4.07. The van der Waals surface area contributed by atoms with Crippen molar-refractivity contribution >= 4 is 43.4 Å². The number of para-hydroxylation sites is 1. The number of hydrogen-bond acceptors (Lipinski definition) is 7. The van der Waals surface area contributed by atoms with E-state index < -0.39 is 0 Å². The van der Waals surface area contributed by atoms with E-state index >= 15 is 0 Å².